The highest BCUT2D eigenvalue weighted by Crippen LogP contribution is 2.23. The van der Waals surface area contributed by atoms with E-state index in [0.717, 1.165) is 19.4 Å². The van der Waals surface area contributed by atoms with E-state index in [1.165, 1.54) is 0 Å². The Hall–Kier alpha value is -1.10. The van der Waals surface area contributed by atoms with Crippen LogP contribution in [-0.2, 0) is 14.3 Å². The van der Waals surface area contributed by atoms with Gasteiger partial charge in [0.25, 0.3) is 0 Å². The SMILES string of the molecule is CCOC(=O)[C@@H]1CCCN(CC(C)(C)C(=O)O)C1. The quantitative estimate of drug-likeness (QED) is 0.753. The average Bonchev–Trinajstić information content (AvgIpc) is 2.29. The van der Waals surface area contributed by atoms with Crippen molar-refractivity contribution < 1.29 is 19.4 Å². The number of aliphatic carboxylic acids is 1. The van der Waals surface area contributed by atoms with E-state index in [1.807, 2.05) is 0 Å². The Labute approximate surface area is 108 Å². The lowest BCUT2D eigenvalue weighted by atomic mass is 9.90. The van der Waals surface area contributed by atoms with Crippen LogP contribution in [0.4, 0.5) is 0 Å². The predicted octanol–water partition coefficient (Wildman–Crippen LogP) is 1.37. The maximum atomic E-state index is 11.7. The van der Waals surface area contributed by atoms with E-state index in [9.17, 15) is 9.59 Å². The Morgan fingerprint density at radius 3 is 2.67 bits per heavy atom. The fourth-order valence-corrected chi connectivity index (χ4v) is 2.28. The molecule has 1 atom stereocenters. The molecule has 0 aromatic rings. The molecule has 0 amide bonds. The number of carbonyl (C=O) groups is 2. The van der Waals surface area contributed by atoms with Crippen LogP contribution in [-0.4, -0.2) is 48.2 Å². The van der Waals surface area contributed by atoms with Gasteiger partial charge in [0.2, 0.25) is 0 Å². The Morgan fingerprint density at radius 1 is 1.44 bits per heavy atom. The van der Waals surface area contributed by atoms with Gasteiger partial charge in [-0.25, -0.2) is 0 Å². The molecule has 0 aromatic heterocycles. The number of likely N-dealkylation sites (tertiary alicyclic amines) is 1. The lowest BCUT2D eigenvalue weighted by molar-refractivity contribution is -0.151. The summed E-state index contributed by atoms with van der Waals surface area (Å²) < 4.78 is 5.03. The number of carboxylic acid groups (broad SMARTS) is 1. The minimum absolute atomic E-state index is 0.108. The number of nitrogens with zero attached hydrogens (tertiary/aromatic N) is 1. The third-order valence-corrected chi connectivity index (χ3v) is 3.32. The zero-order valence-electron chi connectivity index (χ0n) is 11.4. The molecule has 104 valence electrons. The van der Waals surface area contributed by atoms with E-state index >= 15 is 0 Å². The van der Waals surface area contributed by atoms with E-state index < -0.39 is 11.4 Å². The van der Waals surface area contributed by atoms with Crippen LogP contribution >= 0.6 is 0 Å². The minimum atomic E-state index is -0.805. The van der Waals surface area contributed by atoms with Crippen molar-refractivity contribution in [2.45, 2.75) is 33.6 Å². The van der Waals surface area contributed by atoms with E-state index in [4.69, 9.17) is 9.84 Å². The first-order valence-corrected chi connectivity index (χ1v) is 6.49. The molecule has 1 saturated heterocycles. The maximum Gasteiger partial charge on any atom is 0.310 e. The van der Waals surface area contributed by atoms with Crippen molar-refractivity contribution in [2.75, 3.05) is 26.2 Å². The van der Waals surface area contributed by atoms with Gasteiger partial charge in [-0.3, -0.25) is 9.59 Å². The summed E-state index contributed by atoms with van der Waals surface area (Å²) in [7, 11) is 0. The summed E-state index contributed by atoms with van der Waals surface area (Å²) >= 11 is 0. The molecule has 0 radical (unpaired) electrons. The second-order valence-corrected chi connectivity index (χ2v) is 5.52. The van der Waals surface area contributed by atoms with Crippen LogP contribution < -0.4 is 0 Å². The molecule has 1 aliphatic heterocycles. The summed E-state index contributed by atoms with van der Waals surface area (Å²) in [5.74, 6) is -1.07. The van der Waals surface area contributed by atoms with Gasteiger partial charge in [-0.1, -0.05) is 0 Å². The first-order chi connectivity index (χ1) is 8.36. The smallest absolute Gasteiger partial charge is 0.310 e. The van der Waals surface area contributed by atoms with Crippen molar-refractivity contribution in [3.63, 3.8) is 0 Å². The average molecular weight is 257 g/mol. The van der Waals surface area contributed by atoms with Crippen LogP contribution in [0, 0.1) is 11.3 Å². The number of rotatable bonds is 5. The second-order valence-electron chi connectivity index (χ2n) is 5.52. The van der Waals surface area contributed by atoms with Gasteiger partial charge in [-0.05, 0) is 40.2 Å². The molecule has 0 bridgehead atoms. The highest BCUT2D eigenvalue weighted by atomic mass is 16.5. The zero-order chi connectivity index (χ0) is 13.8. The molecule has 18 heavy (non-hydrogen) atoms. The van der Waals surface area contributed by atoms with Gasteiger partial charge < -0.3 is 14.7 Å². The Kier molecular flexibility index (Phi) is 5.14. The van der Waals surface area contributed by atoms with E-state index in [1.54, 1.807) is 20.8 Å². The van der Waals surface area contributed by atoms with Crippen molar-refractivity contribution in [1.29, 1.82) is 0 Å². The van der Waals surface area contributed by atoms with Crippen molar-refractivity contribution in [2.24, 2.45) is 11.3 Å². The molecule has 1 rings (SSSR count). The molecule has 1 aliphatic rings. The topological polar surface area (TPSA) is 66.8 Å². The number of esters is 1. The van der Waals surface area contributed by atoms with Gasteiger partial charge in [0.1, 0.15) is 0 Å². The molecule has 0 aliphatic carbocycles. The minimum Gasteiger partial charge on any atom is -0.481 e. The zero-order valence-corrected chi connectivity index (χ0v) is 11.4. The van der Waals surface area contributed by atoms with Gasteiger partial charge >= 0.3 is 11.9 Å². The van der Waals surface area contributed by atoms with Gasteiger partial charge in [-0.2, -0.15) is 0 Å². The summed E-state index contributed by atoms with van der Waals surface area (Å²) in [5, 5.41) is 9.11. The van der Waals surface area contributed by atoms with E-state index in [-0.39, 0.29) is 11.9 Å². The van der Waals surface area contributed by atoms with Crippen LogP contribution in [0.5, 0.6) is 0 Å². The van der Waals surface area contributed by atoms with Gasteiger partial charge in [0.05, 0.1) is 17.9 Å². The number of carboxylic acids is 1. The third kappa shape index (κ3) is 3.98. The fraction of sp³-hybridized carbons (Fsp3) is 0.846. The molecule has 5 nitrogen and oxygen atoms in total. The van der Waals surface area contributed by atoms with Gasteiger partial charge in [0.15, 0.2) is 0 Å². The van der Waals surface area contributed by atoms with Crippen molar-refractivity contribution in [3.05, 3.63) is 0 Å². The van der Waals surface area contributed by atoms with E-state index in [0.29, 0.717) is 19.7 Å². The molecule has 0 saturated carbocycles. The first kappa shape index (κ1) is 15.0. The van der Waals surface area contributed by atoms with Crippen LogP contribution in [0.1, 0.15) is 33.6 Å². The third-order valence-electron chi connectivity index (χ3n) is 3.32. The molecule has 5 heteroatoms. The lowest BCUT2D eigenvalue weighted by Gasteiger charge is -2.35. The van der Waals surface area contributed by atoms with Crippen molar-refractivity contribution >= 4 is 11.9 Å². The van der Waals surface area contributed by atoms with Crippen LogP contribution in [0.15, 0.2) is 0 Å². The monoisotopic (exact) mass is 257 g/mol. The summed E-state index contributed by atoms with van der Waals surface area (Å²) in [6, 6.07) is 0. The molecule has 0 aromatic carbocycles. The van der Waals surface area contributed by atoms with Crippen molar-refractivity contribution in [3.8, 4) is 0 Å². The van der Waals surface area contributed by atoms with Crippen molar-refractivity contribution in [1.82, 2.24) is 4.90 Å². The second kappa shape index (κ2) is 6.18. The van der Waals surface area contributed by atoms with Crippen LogP contribution in [0.2, 0.25) is 0 Å². The number of ether oxygens (including phenoxy) is 1. The number of hydrogen-bond acceptors (Lipinski definition) is 4. The maximum absolute atomic E-state index is 11.7. The first-order valence-electron chi connectivity index (χ1n) is 6.49. The molecule has 1 N–H and O–H groups in total. The predicted molar refractivity (Wildman–Crippen MR) is 67.2 cm³/mol. The summed E-state index contributed by atoms with van der Waals surface area (Å²) in [6.45, 7) is 7.55. The molecule has 1 heterocycles. The molecule has 0 unspecified atom stereocenters. The Bertz CT molecular complexity index is 314. The van der Waals surface area contributed by atoms with Crippen LogP contribution in [0.3, 0.4) is 0 Å². The van der Waals surface area contributed by atoms with Gasteiger partial charge in [-0.15, -0.1) is 0 Å². The molecule has 1 fully saturated rings. The standard InChI is InChI=1S/C13H23NO4/c1-4-18-11(15)10-6-5-7-14(8-10)9-13(2,3)12(16)17/h10H,4-9H2,1-3H3,(H,16,17)/t10-/m1/s1. The molecular formula is C13H23NO4. The molecule has 0 spiro atoms. The number of hydrogen-bond donors (Lipinski definition) is 1. The van der Waals surface area contributed by atoms with E-state index in [2.05, 4.69) is 4.90 Å². The Morgan fingerprint density at radius 2 is 2.11 bits per heavy atom. The highest BCUT2D eigenvalue weighted by Gasteiger charge is 2.33. The summed E-state index contributed by atoms with van der Waals surface area (Å²) in [6.07, 6.45) is 1.75. The molecular weight excluding hydrogens is 234 g/mol. The normalized spacial score (nSPS) is 21.6. The lowest BCUT2D eigenvalue weighted by Crippen LogP contribution is -2.45. The van der Waals surface area contributed by atoms with Crippen LogP contribution in [0.25, 0.3) is 0 Å². The summed E-state index contributed by atoms with van der Waals surface area (Å²) in [5.41, 5.74) is -0.781. The van der Waals surface area contributed by atoms with Gasteiger partial charge in [0, 0.05) is 13.1 Å². The highest BCUT2D eigenvalue weighted by molar-refractivity contribution is 5.74. The fourth-order valence-electron chi connectivity index (χ4n) is 2.28. The largest absolute Gasteiger partial charge is 0.481 e. The number of piperidine rings is 1. The number of carbonyl (C=O) groups excluding carboxylic acids is 1. The Balaban J connectivity index is 2.54. The summed E-state index contributed by atoms with van der Waals surface area (Å²) in [4.78, 5) is 24.8.